The van der Waals surface area contributed by atoms with Crippen molar-refractivity contribution >= 4 is 67.9 Å². The third-order valence-electron chi connectivity index (χ3n) is 11.5. The Morgan fingerprint density at radius 3 is 2.38 bits per heavy atom. The minimum Gasteiger partial charge on any atom is -0.461 e. The van der Waals surface area contributed by atoms with Crippen LogP contribution in [0, 0.1) is 10.1 Å². The SMILES string of the molecule is CN1CCOC(=O)c2cc(S(=O)(=O)NC(=O)c3ccc(N4CCN(CC5=C(c6ccc(Cl)cc6)CCCCC5)CC4)cc3)cc([N+](=O)[O-])c2NC(CSc2ccccc2)CC1. The fraction of sp³-hybridized carbons (Fsp3) is 0.378. The van der Waals surface area contributed by atoms with Crippen LogP contribution in [-0.4, -0.2) is 106 Å². The second-order valence-electron chi connectivity index (χ2n) is 15.7. The Balaban J connectivity index is 1.03. The molecule has 2 N–H and O–H groups in total. The first-order chi connectivity index (χ1) is 29.4. The molecule has 7 rings (SSSR count). The van der Waals surface area contributed by atoms with Crippen LogP contribution in [0.3, 0.4) is 0 Å². The minimum absolute atomic E-state index is 0.00433. The molecule has 1 fully saturated rings. The number of nitro benzene ring substituents is 1. The summed E-state index contributed by atoms with van der Waals surface area (Å²) in [6.45, 7) is 5.29. The molecular formula is C45H51ClN6O7S2. The number of rotatable bonds is 11. The van der Waals surface area contributed by atoms with Crippen molar-refractivity contribution in [3.05, 3.63) is 128 Å². The normalized spacial score (nSPS) is 18.6. The van der Waals surface area contributed by atoms with Crippen molar-refractivity contribution in [2.45, 2.75) is 54.4 Å². The Kier molecular flexibility index (Phi) is 14.7. The summed E-state index contributed by atoms with van der Waals surface area (Å²) in [6.07, 6.45) is 6.36. The van der Waals surface area contributed by atoms with Gasteiger partial charge in [-0.2, -0.15) is 0 Å². The molecule has 1 saturated heterocycles. The molecule has 2 heterocycles. The number of sulfonamides is 1. The number of likely N-dealkylation sites (N-methyl/N-ethyl adjacent to an activating group) is 1. The molecule has 2 aliphatic heterocycles. The Labute approximate surface area is 366 Å². The Hall–Kier alpha value is -4.93. The number of ether oxygens (including phenoxy) is 1. The van der Waals surface area contributed by atoms with Crippen LogP contribution < -0.4 is 14.9 Å². The molecule has 61 heavy (non-hydrogen) atoms. The van der Waals surface area contributed by atoms with Crippen LogP contribution in [0.2, 0.25) is 5.02 Å². The molecule has 3 aliphatic rings. The maximum absolute atomic E-state index is 13.7. The van der Waals surface area contributed by atoms with Crippen molar-refractivity contribution < 1.29 is 27.7 Å². The number of carbonyl (C=O) groups is 2. The molecule has 13 nitrogen and oxygen atoms in total. The number of allylic oxidation sites excluding steroid dienone is 1. The van der Waals surface area contributed by atoms with Crippen LogP contribution in [0.15, 0.2) is 106 Å². The van der Waals surface area contributed by atoms with E-state index in [-0.39, 0.29) is 29.5 Å². The van der Waals surface area contributed by atoms with Crippen LogP contribution in [0.4, 0.5) is 17.1 Å². The molecule has 322 valence electrons. The number of esters is 1. The highest BCUT2D eigenvalue weighted by atomic mass is 35.5. The van der Waals surface area contributed by atoms with E-state index in [1.807, 2.05) is 54.4 Å². The van der Waals surface area contributed by atoms with Crippen LogP contribution in [0.1, 0.15) is 64.8 Å². The number of nitro groups is 1. The van der Waals surface area contributed by atoms with E-state index in [2.05, 4.69) is 32.0 Å². The largest absolute Gasteiger partial charge is 0.461 e. The van der Waals surface area contributed by atoms with E-state index in [4.69, 9.17) is 16.3 Å². The summed E-state index contributed by atoms with van der Waals surface area (Å²) in [4.78, 5) is 45.8. The highest BCUT2D eigenvalue weighted by Gasteiger charge is 2.32. The summed E-state index contributed by atoms with van der Waals surface area (Å²) in [5, 5.41) is 16.5. The van der Waals surface area contributed by atoms with E-state index in [1.165, 1.54) is 36.0 Å². The number of benzene rings is 4. The second-order valence-corrected chi connectivity index (χ2v) is 18.9. The number of anilines is 2. The van der Waals surface area contributed by atoms with Gasteiger partial charge < -0.3 is 19.9 Å². The first kappa shape index (κ1) is 44.1. The monoisotopic (exact) mass is 886 g/mol. The van der Waals surface area contributed by atoms with E-state index in [0.29, 0.717) is 25.3 Å². The summed E-state index contributed by atoms with van der Waals surface area (Å²) in [5.41, 5.74) is 4.14. The molecule has 0 radical (unpaired) electrons. The minimum atomic E-state index is -4.69. The maximum atomic E-state index is 13.7. The molecule has 0 bridgehead atoms. The summed E-state index contributed by atoms with van der Waals surface area (Å²) in [6, 6.07) is 26.1. The highest BCUT2D eigenvalue weighted by molar-refractivity contribution is 7.99. The quantitative estimate of drug-likeness (QED) is 0.0650. The molecular weight excluding hydrogens is 836 g/mol. The number of amides is 1. The summed E-state index contributed by atoms with van der Waals surface area (Å²) >= 11 is 7.74. The van der Waals surface area contributed by atoms with Gasteiger partial charge in [0.25, 0.3) is 21.6 Å². The second kappa shape index (κ2) is 20.3. The number of halogens is 1. The number of carbonyl (C=O) groups excluding carboxylic acids is 2. The van der Waals surface area contributed by atoms with Gasteiger partial charge in [0.2, 0.25) is 0 Å². The lowest BCUT2D eigenvalue weighted by Gasteiger charge is -2.37. The lowest BCUT2D eigenvalue weighted by atomic mass is 9.95. The third-order valence-corrected chi connectivity index (χ3v) is 14.2. The zero-order valence-corrected chi connectivity index (χ0v) is 36.6. The van der Waals surface area contributed by atoms with Crippen LogP contribution in [0.25, 0.3) is 5.57 Å². The molecule has 0 spiro atoms. The van der Waals surface area contributed by atoms with Gasteiger partial charge in [0.1, 0.15) is 12.3 Å². The number of fused-ring (bicyclic) bond motifs is 1. The van der Waals surface area contributed by atoms with Crippen molar-refractivity contribution in [1.29, 1.82) is 0 Å². The number of piperazine rings is 1. The molecule has 1 amide bonds. The molecule has 1 atom stereocenters. The Bertz CT molecular complexity index is 2340. The fourth-order valence-electron chi connectivity index (χ4n) is 8.00. The Morgan fingerprint density at radius 2 is 1.66 bits per heavy atom. The highest BCUT2D eigenvalue weighted by Crippen LogP contribution is 2.36. The van der Waals surface area contributed by atoms with Gasteiger partial charge in [0, 0.05) is 78.3 Å². The lowest BCUT2D eigenvalue weighted by Crippen LogP contribution is -2.47. The zero-order valence-electron chi connectivity index (χ0n) is 34.2. The van der Waals surface area contributed by atoms with Gasteiger partial charge in [0.15, 0.2) is 0 Å². The average molecular weight is 888 g/mol. The molecule has 1 aliphatic carbocycles. The van der Waals surface area contributed by atoms with Crippen molar-refractivity contribution in [3.63, 3.8) is 0 Å². The average Bonchev–Trinajstić information content (AvgIpc) is 3.51. The molecule has 16 heteroatoms. The van der Waals surface area contributed by atoms with Crippen molar-refractivity contribution in [2.24, 2.45) is 0 Å². The van der Waals surface area contributed by atoms with E-state index in [0.717, 1.165) is 73.3 Å². The van der Waals surface area contributed by atoms with Gasteiger partial charge in [-0.3, -0.25) is 19.8 Å². The van der Waals surface area contributed by atoms with Gasteiger partial charge in [-0.05, 0) is 111 Å². The van der Waals surface area contributed by atoms with Gasteiger partial charge in [0.05, 0.1) is 15.4 Å². The predicted octanol–water partition coefficient (Wildman–Crippen LogP) is 7.97. The van der Waals surface area contributed by atoms with Gasteiger partial charge >= 0.3 is 5.97 Å². The molecule has 4 aromatic rings. The summed E-state index contributed by atoms with van der Waals surface area (Å²) in [5.74, 6) is -1.32. The van der Waals surface area contributed by atoms with E-state index in [9.17, 15) is 28.1 Å². The number of hydrogen-bond donors (Lipinski definition) is 2. The first-order valence-corrected chi connectivity index (χ1v) is 23.5. The van der Waals surface area contributed by atoms with Crippen LogP contribution in [0.5, 0.6) is 0 Å². The lowest BCUT2D eigenvalue weighted by molar-refractivity contribution is -0.384. The smallest absolute Gasteiger partial charge is 0.340 e. The molecule has 0 saturated carbocycles. The molecule has 1 unspecified atom stereocenters. The zero-order chi connectivity index (χ0) is 42.9. The molecule has 0 aromatic heterocycles. The van der Waals surface area contributed by atoms with E-state index >= 15 is 0 Å². The number of hydrogen-bond acceptors (Lipinski definition) is 12. The standard InChI is InChI=1S/C45H51ClN6O7S2/c1-49-21-20-36(31-60-38-9-5-3-6-10-38)47-43-41(45(54)59-27-26-49)28-39(29-42(43)52(55)56)61(57,58)48-44(53)33-14-18-37(19-15-33)51-24-22-50(23-25-51)30-34-8-4-2-7-11-40(34)32-12-16-35(46)17-13-32/h3,5-6,9-10,12-19,28-29,36,47H,2,4,7-8,11,20-27,30-31H2,1H3,(H,48,53). The summed E-state index contributed by atoms with van der Waals surface area (Å²) < 4.78 is 35.0. The van der Waals surface area contributed by atoms with Crippen molar-refractivity contribution in [2.75, 3.05) is 75.4 Å². The third kappa shape index (κ3) is 11.5. The fourth-order valence-corrected chi connectivity index (χ4v) is 10.1. The van der Waals surface area contributed by atoms with Crippen molar-refractivity contribution in [1.82, 2.24) is 14.5 Å². The van der Waals surface area contributed by atoms with E-state index in [1.54, 1.807) is 36.0 Å². The van der Waals surface area contributed by atoms with Crippen LogP contribution in [-0.2, 0) is 14.8 Å². The van der Waals surface area contributed by atoms with Crippen LogP contribution >= 0.6 is 23.4 Å². The topological polar surface area (TPSA) is 154 Å². The molecule has 4 aromatic carbocycles. The van der Waals surface area contributed by atoms with Gasteiger partial charge in [-0.15, -0.1) is 11.8 Å². The number of nitrogens with zero attached hydrogens (tertiary/aromatic N) is 4. The predicted molar refractivity (Wildman–Crippen MR) is 241 cm³/mol. The Morgan fingerprint density at radius 1 is 0.934 bits per heavy atom. The number of cyclic esters (lactones) is 1. The van der Waals surface area contributed by atoms with Gasteiger partial charge in [-0.1, -0.05) is 53.9 Å². The van der Waals surface area contributed by atoms with Crippen molar-refractivity contribution in [3.8, 4) is 0 Å². The van der Waals surface area contributed by atoms with Gasteiger partial charge in [-0.25, -0.2) is 17.9 Å². The maximum Gasteiger partial charge on any atom is 0.340 e. The van der Waals surface area contributed by atoms with E-state index < -0.39 is 37.4 Å². The first-order valence-electron chi connectivity index (χ1n) is 20.7. The number of nitrogens with one attached hydrogen (secondary N) is 2. The number of thioether (sulfide) groups is 1. The summed E-state index contributed by atoms with van der Waals surface area (Å²) in [7, 11) is -2.80.